The molecular formula is C10H12Br2N2O. The molecule has 1 aromatic rings. The summed E-state index contributed by atoms with van der Waals surface area (Å²) < 4.78 is 1.82. The van der Waals surface area contributed by atoms with E-state index in [4.69, 9.17) is 0 Å². The lowest BCUT2D eigenvalue weighted by Gasteiger charge is -2.08. The normalized spacial score (nSPS) is 9.80. The van der Waals surface area contributed by atoms with E-state index in [2.05, 4.69) is 42.5 Å². The third kappa shape index (κ3) is 4.22. The van der Waals surface area contributed by atoms with Crippen LogP contribution in [0.3, 0.4) is 0 Å². The highest BCUT2D eigenvalue weighted by Crippen LogP contribution is 2.25. The van der Waals surface area contributed by atoms with Gasteiger partial charge in [0.1, 0.15) is 0 Å². The summed E-state index contributed by atoms with van der Waals surface area (Å²) >= 11 is 6.72. The van der Waals surface area contributed by atoms with Gasteiger partial charge in [-0.25, -0.2) is 4.79 Å². The minimum absolute atomic E-state index is 0.181. The molecule has 15 heavy (non-hydrogen) atoms. The van der Waals surface area contributed by atoms with Crippen LogP contribution in [-0.2, 0) is 0 Å². The molecule has 0 radical (unpaired) electrons. The minimum atomic E-state index is -0.181. The van der Waals surface area contributed by atoms with Crippen LogP contribution in [0.25, 0.3) is 0 Å². The van der Waals surface area contributed by atoms with E-state index < -0.39 is 0 Å². The fourth-order valence-corrected chi connectivity index (χ4v) is 2.14. The fraction of sp³-hybridized carbons (Fsp3) is 0.300. The molecule has 0 atom stereocenters. The zero-order valence-electron chi connectivity index (χ0n) is 8.31. The van der Waals surface area contributed by atoms with E-state index in [-0.39, 0.29) is 6.03 Å². The molecule has 0 unspecified atom stereocenters. The number of hydrogen-bond donors (Lipinski definition) is 2. The van der Waals surface area contributed by atoms with Crippen molar-refractivity contribution >= 4 is 43.6 Å². The largest absolute Gasteiger partial charge is 0.338 e. The van der Waals surface area contributed by atoms with E-state index >= 15 is 0 Å². The van der Waals surface area contributed by atoms with Crippen LogP contribution in [-0.4, -0.2) is 12.6 Å². The molecule has 0 saturated carbocycles. The van der Waals surface area contributed by atoms with Gasteiger partial charge in [-0.15, -0.1) is 0 Å². The minimum Gasteiger partial charge on any atom is -0.338 e. The van der Waals surface area contributed by atoms with Crippen LogP contribution in [0.15, 0.2) is 27.1 Å². The molecule has 0 fully saturated rings. The Hall–Kier alpha value is -0.550. The molecule has 1 rings (SSSR count). The average Bonchev–Trinajstić information content (AvgIpc) is 2.19. The molecule has 2 amide bonds. The number of urea groups is 1. The van der Waals surface area contributed by atoms with Gasteiger partial charge >= 0.3 is 6.03 Å². The lowest BCUT2D eigenvalue weighted by atomic mass is 10.3. The van der Waals surface area contributed by atoms with Gasteiger partial charge in [0.25, 0.3) is 0 Å². The van der Waals surface area contributed by atoms with E-state index in [1.165, 1.54) is 0 Å². The Morgan fingerprint density at radius 1 is 1.40 bits per heavy atom. The Kier molecular flexibility index (Phi) is 5.11. The van der Waals surface area contributed by atoms with Crippen LogP contribution < -0.4 is 10.6 Å². The molecule has 0 heterocycles. The second kappa shape index (κ2) is 6.12. The standard InChI is InChI=1S/C10H12Br2N2O/c1-2-5-13-10(15)14-9-4-3-7(11)6-8(9)12/h3-4,6H,2,5H2,1H3,(H2,13,14,15). The summed E-state index contributed by atoms with van der Waals surface area (Å²) in [5.41, 5.74) is 0.756. The van der Waals surface area contributed by atoms with Crippen LogP contribution in [0.4, 0.5) is 10.5 Å². The number of carbonyl (C=O) groups excluding carboxylic acids is 1. The molecule has 0 aliphatic rings. The number of anilines is 1. The van der Waals surface area contributed by atoms with E-state index in [9.17, 15) is 4.79 Å². The fourth-order valence-electron chi connectivity index (χ4n) is 0.996. The van der Waals surface area contributed by atoms with Crippen molar-refractivity contribution in [2.24, 2.45) is 0 Å². The summed E-state index contributed by atoms with van der Waals surface area (Å²) in [6.07, 6.45) is 0.926. The van der Waals surface area contributed by atoms with Gasteiger partial charge in [-0.2, -0.15) is 0 Å². The zero-order chi connectivity index (χ0) is 11.3. The summed E-state index contributed by atoms with van der Waals surface area (Å²) in [5, 5.41) is 5.49. The maximum atomic E-state index is 11.4. The number of hydrogen-bond acceptors (Lipinski definition) is 1. The first-order valence-electron chi connectivity index (χ1n) is 4.63. The lowest BCUT2D eigenvalue weighted by Crippen LogP contribution is -2.29. The van der Waals surface area contributed by atoms with Crippen molar-refractivity contribution in [3.8, 4) is 0 Å². The third-order valence-corrected chi connectivity index (χ3v) is 2.86. The predicted octanol–water partition coefficient (Wildman–Crippen LogP) is 3.74. The topological polar surface area (TPSA) is 41.1 Å². The number of halogens is 2. The van der Waals surface area contributed by atoms with Crippen molar-refractivity contribution in [2.75, 3.05) is 11.9 Å². The molecule has 3 nitrogen and oxygen atoms in total. The Morgan fingerprint density at radius 3 is 2.73 bits per heavy atom. The predicted molar refractivity (Wildman–Crippen MR) is 69.2 cm³/mol. The van der Waals surface area contributed by atoms with E-state index in [1.54, 1.807) is 0 Å². The highest BCUT2D eigenvalue weighted by atomic mass is 79.9. The quantitative estimate of drug-likeness (QED) is 0.867. The smallest absolute Gasteiger partial charge is 0.319 e. The van der Waals surface area contributed by atoms with Crippen LogP contribution in [0.5, 0.6) is 0 Å². The number of nitrogens with one attached hydrogen (secondary N) is 2. The van der Waals surface area contributed by atoms with E-state index in [0.29, 0.717) is 6.54 Å². The van der Waals surface area contributed by atoms with Gasteiger partial charge in [-0.3, -0.25) is 0 Å². The van der Waals surface area contributed by atoms with Crippen molar-refractivity contribution in [1.82, 2.24) is 5.32 Å². The van der Waals surface area contributed by atoms with Crippen molar-refractivity contribution in [3.63, 3.8) is 0 Å². The second-order valence-corrected chi connectivity index (χ2v) is 4.78. The van der Waals surface area contributed by atoms with Crippen molar-refractivity contribution in [3.05, 3.63) is 27.1 Å². The first-order chi connectivity index (χ1) is 7.13. The molecule has 0 bridgehead atoms. The number of carbonyl (C=O) groups is 1. The molecule has 0 aliphatic heterocycles. The first kappa shape index (κ1) is 12.5. The Labute approximate surface area is 106 Å². The SMILES string of the molecule is CCCNC(=O)Nc1ccc(Br)cc1Br. The Balaban J connectivity index is 2.60. The van der Waals surface area contributed by atoms with Crippen molar-refractivity contribution in [2.45, 2.75) is 13.3 Å². The maximum Gasteiger partial charge on any atom is 0.319 e. The van der Waals surface area contributed by atoms with Crippen LogP contribution in [0.2, 0.25) is 0 Å². The summed E-state index contributed by atoms with van der Waals surface area (Å²) in [6, 6.07) is 5.41. The summed E-state index contributed by atoms with van der Waals surface area (Å²) in [5.74, 6) is 0. The van der Waals surface area contributed by atoms with E-state index in [0.717, 1.165) is 21.1 Å². The highest BCUT2D eigenvalue weighted by molar-refractivity contribution is 9.11. The monoisotopic (exact) mass is 334 g/mol. The Bertz CT molecular complexity index is 355. The first-order valence-corrected chi connectivity index (χ1v) is 6.22. The van der Waals surface area contributed by atoms with Crippen LogP contribution in [0, 0.1) is 0 Å². The van der Waals surface area contributed by atoms with Gasteiger partial charge in [-0.05, 0) is 40.5 Å². The number of amides is 2. The van der Waals surface area contributed by atoms with Gasteiger partial charge in [0.15, 0.2) is 0 Å². The van der Waals surface area contributed by atoms with Crippen molar-refractivity contribution in [1.29, 1.82) is 0 Å². The molecule has 1 aromatic carbocycles. The molecule has 5 heteroatoms. The molecule has 0 saturated heterocycles. The van der Waals surface area contributed by atoms with Gasteiger partial charge in [0.2, 0.25) is 0 Å². The Morgan fingerprint density at radius 2 is 2.13 bits per heavy atom. The highest BCUT2D eigenvalue weighted by Gasteiger charge is 2.04. The molecular weight excluding hydrogens is 324 g/mol. The summed E-state index contributed by atoms with van der Waals surface area (Å²) in [4.78, 5) is 11.4. The molecule has 0 aliphatic carbocycles. The molecule has 0 aromatic heterocycles. The summed E-state index contributed by atoms with van der Waals surface area (Å²) in [6.45, 7) is 2.69. The number of benzene rings is 1. The lowest BCUT2D eigenvalue weighted by molar-refractivity contribution is 0.252. The summed E-state index contributed by atoms with van der Waals surface area (Å²) in [7, 11) is 0. The van der Waals surface area contributed by atoms with Gasteiger partial charge in [-0.1, -0.05) is 22.9 Å². The average molecular weight is 336 g/mol. The van der Waals surface area contributed by atoms with Crippen molar-refractivity contribution < 1.29 is 4.79 Å². The van der Waals surface area contributed by atoms with Crippen LogP contribution in [0.1, 0.15) is 13.3 Å². The molecule has 2 N–H and O–H groups in total. The maximum absolute atomic E-state index is 11.4. The second-order valence-electron chi connectivity index (χ2n) is 3.01. The van der Waals surface area contributed by atoms with Gasteiger partial charge in [0, 0.05) is 15.5 Å². The third-order valence-electron chi connectivity index (χ3n) is 1.71. The van der Waals surface area contributed by atoms with E-state index in [1.807, 2.05) is 25.1 Å². The van der Waals surface area contributed by atoms with Crippen LogP contribution >= 0.6 is 31.9 Å². The zero-order valence-corrected chi connectivity index (χ0v) is 11.5. The van der Waals surface area contributed by atoms with Gasteiger partial charge in [0.05, 0.1) is 5.69 Å². The molecule has 0 spiro atoms. The molecule has 82 valence electrons. The van der Waals surface area contributed by atoms with Gasteiger partial charge < -0.3 is 10.6 Å². The number of rotatable bonds is 3.